The highest BCUT2D eigenvalue weighted by molar-refractivity contribution is 5.98. The van der Waals surface area contributed by atoms with Crippen LogP contribution in [0.5, 0.6) is 0 Å². The zero-order valence-electron chi connectivity index (χ0n) is 14.8. The molecule has 0 atom stereocenters. The van der Waals surface area contributed by atoms with Crippen molar-refractivity contribution in [1.29, 1.82) is 0 Å². The molecule has 138 valence electrons. The van der Waals surface area contributed by atoms with Gasteiger partial charge in [0.25, 0.3) is 5.91 Å². The zero-order valence-corrected chi connectivity index (χ0v) is 14.8. The molecule has 0 aliphatic heterocycles. The summed E-state index contributed by atoms with van der Waals surface area (Å²) in [7, 11) is 0. The molecule has 4 aliphatic carbocycles. The van der Waals surface area contributed by atoms with Crippen molar-refractivity contribution in [3.05, 3.63) is 29.8 Å². The maximum Gasteiger partial charge on any atom is 0.251 e. The van der Waals surface area contributed by atoms with Gasteiger partial charge in [0.05, 0.1) is 12.0 Å². The monoisotopic (exact) mass is 355 g/mol. The van der Waals surface area contributed by atoms with Crippen LogP contribution in [0.15, 0.2) is 24.3 Å². The van der Waals surface area contributed by atoms with Crippen molar-refractivity contribution in [2.24, 2.45) is 28.9 Å². The number of hydrogen-bond acceptors (Lipinski definition) is 3. The minimum absolute atomic E-state index is 0.141. The van der Waals surface area contributed by atoms with E-state index in [1.54, 1.807) is 24.3 Å². The molecule has 1 aromatic rings. The van der Waals surface area contributed by atoms with E-state index in [2.05, 4.69) is 10.6 Å². The topological polar surface area (TPSA) is 101 Å². The first-order valence-corrected chi connectivity index (χ1v) is 9.41. The highest BCUT2D eigenvalue weighted by Gasteiger charge is 2.54. The standard InChI is InChI=1S/C20H25N3O3/c21-17(24)11-22-18(25)15-1-3-16(4-2-15)23-19(26)20-8-12-5-13(9-20)7-14(6-12)10-20/h1-4,12-14H,5-11H2,(H2,21,24)(H,22,25)(H,23,26). The van der Waals surface area contributed by atoms with Crippen LogP contribution < -0.4 is 16.4 Å². The summed E-state index contributed by atoms with van der Waals surface area (Å²) in [4.78, 5) is 35.7. The number of nitrogens with one attached hydrogen (secondary N) is 2. The van der Waals surface area contributed by atoms with Crippen LogP contribution >= 0.6 is 0 Å². The molecular formula is C20H25N3O3. The predicted molar refractivity (Wildman–Crippen MR) is 97.2 cm³/mol. The maximum absolute atomic E-state index is 13.0. The lowest BCUT2D eigenvalue weighted by molar-refractivity contribution is -0.140. The second-order valence-corrected chi connectivity index (χ2v) is 8.38. The van der Waals surface area contributed by atoms with E-state index in [9.17, 15) is 14.4 Å². The summed E-state index contributed by atoms with van der Waals surface area (Å²) in [6.45, 7) is -0.191. The van der Waals surface area contributed by atoms with E-state index in [-0.39, 0.29) is 23.8 Å². The van der Waals surface area contributed by atoms with Gasteiger partial charge in [-0.05, 0) is 80.5 Å². The summed E-state index contributed by atoms with van der Waals surface area (Å²) in [6, 6.07) is 6.76. The molecule has 0 spiro atoms. The summed E-state index contributed by atoms with van der Waals surface area (Å²) in [5.41, 5.74) is 5.97. The first-order chi connectivity index (χ1) is 12.4. The summed E-state index contributed by atoms with van der Waals surface area (Å²) in [5, 5.41) is 5.52. The van der Waals surface area contributed by atoms with Gasteiger partial charge in [-0.1, -0.05) is 0 Å². The van der Waals surface area contributed by atoms with Crippen molar-refractivity contribution in [1.82, 2.24) is 5.32 Å². The van der Waals surface area contributed by atoms with Crippen LogP contribution in [0.4, 0.5) is 5.69 Å². The second-order valence-electron chi connectivity index (χ2n) is 8.38. The lowest BCUT2D eigenvalue weighted by Gasteiger charge is -2.55. The van der Waals surface area contributed by atoms with Gasteiger partial charge in [0.15, 0.2) is 0 Å². The molecule has 5 rings (SSSR count). The van der Waals surface area contributed by atoms with Crippen molar-refractivity contribution < 1.29 is 14.4 Å². The normalized spacial score (nSPS) is 31.5. The Labute approximate surface area is 152 Å². The minimum atomic E-state index is -0.585. The smallest absolute Gasteiger partial charge is 0.251 e. The number of carbonyl (C=O) groups excluding carboxylic acids is 3. The van der Waals surface area contributed by atoms with Gasteiger partial charge in [-0.25, -0.2) is 0 Å². The number of amides is 3. The average molecular weight is 355 g/mol. The van der Waals surface area contributed by atoms with Crippen molar-refractivity contribution in [2.45, 2.75) is 38.5 Å². The van der Waals surface area contributed by atoms with Crippen LogP contribution in [0.3, 0.4) is 0 Å². The first kappa shape index (κ1) is 17.1. The summed E-state index contributed by atoms with van der Waals surface area (Å²) >= 11 is 0. The van der Waals surface area contributed by atoms with Crippen molar-refractivity contribution >= 4 is 23.4 Å². The van der Waals surface area contributed by atoms with Gasteiger partial charge in [-0.15, -0.1) is 0 Å². The van der Waals surface area contributed by atoms with E-state index in [4.69, 9.17) is 5.73 Å². The van der Waals surface area contributed by atoms with Crippen LogP contribution in [0.25, 0.3) is 0 Å². The Morgan fingerprint density at radius 3 is 2.00 bits per heavy atom. The summed E-state index contributed by atoms with van der Waals surface area (Å²) in [6.07, 6.45) is 7.00. The number of nitrogens with two attached hydrogens (primary N) is 1. The molecule has 6 heteroatoms. The number of carbonyl (C=O) groups is 3. The molecule has 4 N–H and O–H groups in total. The van der Waals surface area contributed by atoms with Crippen LogP contribution in [-0.2, 0) is 9.59 Å². The van der Waals surface area contributed by atoms with Crippen LogP contribution in [-0.4, -0.2) is 24.3 Å². The maximum atomic E-state index is 13.0. The SMILES string of the molecule is NC(=O)CNC(=O)c1ccc(NC(=O)C23CC4CC(CC(C4)C2)C3)cc1. The highest BCUT2D eigenvalue weighted by atomic mass is 16.2. The Morgan fingerprint density at radius 2 is 1.50 bits per heavy atom. The molecular weight excluding hydrogens is 330 g/mol. The number of primary amides is 1. The van der Waals surface area contributed by atoms with Gasteiger partial charge >= 0.3 is 0 Å². The van der Waals surface area contributed by atoms with E-state index < -0.39 is 5.91 Å². The van der Waals surface area contributed by atoms with E-state index in [0.29, 0.717) is 11.3 Å². The van der Waals surface area contributed by atoms with Crippen LogP contribution in [0.1, 0.15) is 48.9 Å². The van der Waals surface area contributed by atoms with Gasteiger partial charge in [0.1, 0.15) is 0 Å². The first-order valence-electron chi connectivity index (χ1n) is 9.41. The third-order valence-corrected chi connectivity index (χ3v) is 6.35. The fourth-order valence-corrected chi connectivity index (χ4v) is 5.63. The van der Waals surface area contributed by atoms with Gasteiger partial charge in [-0.3, -0.25) is 14.4 Å². The predicted octanol–water partition coefficient (Wildman–Crippen LogP) is 2.06. The lowest BCUT2D eigenvalue weighted by atomic mass is 9.49. The number of hydrogen-bond donors (Lipinski definition) is 3. The molecule has 0 saturated heterocycles. The molecule has 0 unspecified atom stereocenters. The van der Waals surface area contributed by atoms with Crippen LogP contribution in [0.2, 0.25) is 0 Å². The molecule has 0 heterocycles. The second kappa shape index (κ2) is 6.41. The van der Waals surface area contributed by atoms with Gasteiger partial charge in [0.2, 0.25) is 11.8 Å². The van der Waals surface area contributed by atoms with E-state index in [0.717, 1.165) is 37.0 Å². The molecule has 4 fully saturated rings. The van der Waals surface area contributed by atoms with E-state index >= 15 is 0 Å². The summed E-state index contributed by atoms with van der Waals surface area (Å²) in [5.74, 6) is 1.37. The average Bonchev–Trinajstić information content (AvgIpc) is 2.59. The molecule has 6 nitrogen and oxygen atoms in total. The Bertz CT molecular complexity index is 706. The quantitative estimate of drug-likeness (QED) is 0.753. The number of benzene rings is 1. The molecule has 0 aromatic heterocycles. The Morgan fingerprint density at radius 1 is 0.962 bits per heavy atom. The number of rotatable bonds is 5. The van der Waals surface area contributed by atoms with Gasteiger partial charge in [-0.2, -0.15) is 0 Å². The fourth-order valence-electron chi connectivity index (χ4n) is 5.63. The molecule has 26 heavy (non-hydrogen) atoms. The van der Waals surface area contributed by atoms with E-state index in [1.807, 2.05) is 0 Å². The largest absolute Gasteiger partial charge is 0.368 e. The Balaban J connectivity index is 1.40. The Kier molecular flexibility index (Phi) is 4.21. The Hall–Kier alpha value is -2.37. The van der Waals surface area contributed by atoms with Crippen LogP contribution in [0, 0.1) is 23.2 Å². The molecule has 4 bridgehead atoms. The lowest BCUT2D eigenvalue weighted by Crippen LogP contribution is -2.51. The van der Waals surface area contributed by atoms with Crippen molar-refractivity contribution in [3.63, 3.8) is 0 Å². The molecule has 3 amide bonds. The molecule has 0 radical (unpaired) electrons. The molecule has 4 saturated carbocycles. The molecule has 4 aliphatic rings. The number of anilines is 1. The van der Waals surface area contributed by atoms with Crippen molar-refractivity contribution in [2.75, 3.05) is 11.9 Å². The minimum Gasteiger partial charge on any atom is -0.368 e. The highest BCUT2D eigenvalue weighted by Crippen LogP contribution is 2.60. The summed E-state index contributed by atoms with van der Waals surface area (Å²) < 4.78 is 0. The zero-order chi connectivity index (χ0) is 18.3. The van der Waals surface area contributed by atoms with Gasteiger partial charge in [0, 0.05) is 11.3 Å². The fraction of sp³-hybridized carbons (Fsp3) is 0.550. The molecule has 1 aromatic carbocycles. The third kappa shape index (κ3) is 3.20. The van der Waals surface area contributed by atoms with E-state index in [1.165, 1.54) is 19.3 Å². The van der Waals surface area contributed by atoms with Crippen molar-refractivity contribution in [3.8, 4) is 0 Å². The third-order valence-electron chi connectivity index (χ3n) is 6.35. The van der Waals surface area contributed by atoms with Gasteiger partial charge < -0.3 is 16.4 Å².